The van der Waals surface area contributed by atoms with Gasteiger partial charge in [0.25, 0.3) is 0 Å². The topological polar surface area (TPSA) is 50.4 Å². The SMILES string of the molecule is I.NC(=NCc1ccc(Cl)s1)NC1CCCCC1. The van der Waals surface area contributed by atoms with Crippen molar-refractivity contribution >= 4 is 52.9 Å². The quantitative estimate of drug-likeness (QED) is 0.462. The van der Waals surface area contributed by atoms with Gasteiger partial charge in [-0.25, -0.2) is 4.99 Å². The third-order valence-electron chi connectivity index (χ3n) is 2.99. The highest BCUT2D eigenvalue weighted by atomic mass is 127. The third-order valence-corrected chi connectivity index (χ3v) is 4.21. The molecule has 0 atom stereocenters. The van der Waals surface area contributed by atoms with Gasteiger partial charge in [-0.05, 0) is 25.0 Å². The molecule has 18 heavy (non-hydrogen) atoms. The van der Waals surface area contributed by atoms with Crippen LogP contribution in [0.25, 0.3) is 0 Å². The van der Waals surface area contributed by atoms with Gasteiger partial charge >= 0.3 is 0 Å². The maximum absolute atomic E-state index is 5.87. The van der Waals surface area contributed by atoms with E-state index in [1.54, 1.807) is 11.3 Å². The molecule has 3 nitrogen and oxygen atoms in total. The van der Waals surface area contributed by atoms with E-state index in [4.69, 9.17) is 17.3 Å². The summed E-state index contributed by atoms with van der Waals surface area (Å²) in [6.45, 7) is 0.614. The summed E-state index contributed by atoms with van der Waals surface area (Å²) in [5.41, 5.74) is 5.87. The number of hydrogen-bond acceptors (Lipinski definition) is 2. The van der Waals surface area contributed by atoms with Crippen LogP contribution in [0.4, 0.5) is 0 Å². The minimum atomic E-state index is 0. The number of nitrogens with two attached hydrogens (primary N) is 1. The van der Waals surface area contributed by atoms with Gasteiger partial charge in [-0.2, -0.15) is 0 Å². The highest BCUT2D eigenvalue weighted by Gasteiger charge is 2.13. The van der Waals surface area contributed by atoms with Crippen molar-refractivity contribution in [3.8, 4) is 0 Å². The van der Waals surface area contributed by atoms with E-state index < -0.39 is 0 Å². The van der Waals surface area contributed by atoms with Gasteiger partial charge in [0.1, 0.15) is 0 Å². The second-order valence-electron chi connectivity index (χ2n) is 4.39. The summed E-state index contributed by atoms with van der Waals surface area (Å²) in [6, 6.07) is 4.39. The second kappa shape index (κ2) is 8.22. The normalized spacial score (nSPS) is 17.3. The van der Waals surface area contributed by atoms with Crippen LogP contribution in [0, 0.1) is 0 Å². The zero-order valence-electron chi connectivity index (χ0n) is 10.2. The number of aliphatic imine (C=N–C) groups is 1. The molecule has 1 aliphatic rings. The Kier molecular flexibility index (Phi) is 7.33. The van der Waals surface area contributed by atoms with Gasteiger partial charge in [0.05, 0.1) is 10.9 Å². The number of thiophene rings is 1. The molecular formula is C12H19ClIN3S. The molecule has 0 aliphatic heterocycles. The molecule has 0 unspecified atom stereocenters. The number of rotatable bonds is 3. The van der Waals surface area contributed by atoms with Gasteiger partial charge in [-0.15, -0.1) is 35.3 Å². The Morgan fingerprint density at radius 2 is 2.11 bits per heavy atom. The molecular weight excluding hydrogens is 381 g/mol. The highest BCUT2D eigenvalue weighted by Crippen LogP contribution is 2.22. The first-order valence-corrected chi connectivity index (χ1v) is 7.24. The first kappa shape index (κ1) is 16.0. The molecule has 0 saturated heterocycles. The van der Waals surface area contributed by atoms with Crippen molar-refractivity contribution in [1.29, 1.82) is 0 Å². The lowest BCUT2D eigenvalue weighted by molar-refractivity contribution is 0.412. The molecule has 3 N–H and O–H groups in total. The molecule has 0 bridgehead atoms. The second-order valence-corrected chi connectivity index (χ2v) is 6.19. The number of halogens is 2. The van der Waals surface area contributed by atoms with Crippen molar-refractivity contribution in [3.05, 3.63) is 21.3 Å². The maximum Gasteiger partial charge on any atom is 0.189 e. The van der Waals surface area contributed by atoms with Crippen molar-refractivity contribution in [2.45, 2.75) is 44.7 Å². The van der Waals surface area contributed by atoms with Gasteiger partial charge in [-0.1, -0.05) is 30.9 Å². The van der Waals surface area contributed by atoms with Gasteiger partial charge in [0, 0.05) is 10.9 Å². The van der Waals surface area contributed by atoms with Crippen LogP contribution < -0.4 is 11.1 Å². The lowest BCUT2D eigenvalue weighted by atomic mass is 9.96. The molecule has 0 spiro atoms. The van der Waals surface area contributed by atoms with Crippen molar-refractivity contribution in [2.24, 2.45) is 10.7 Å². The summed E-state index contributed by atoms with van der Waals surface area (Å²) in [4.78, 5) is 5.48. The lowest BCUT2D eigenvalue weighted by Crippen LogP contribution is -2.41. The Balaban J connectivity index is 0.00000162. The molecule has 1 heterocycles. The largest absolute Gasteiger partial charge is 0.370 e. The van der Waals surface area contributed by atoms with E-state index in [0.29, 0.717) is 18.5 Å². The van der Waals surface area contributed by atoms with Crippen LogP contribution in [-0.2, 0) is 6.54 Å². The summed E-state index contributed by atoms with van der Waals surface area (Å²) >= 11 is 7.41. The van der Waals surface area contributed by atoms with E-state index in [1.165, 1.54) is 32.1 Å². The fourth-order valence-corrected chi connectivity index (χ4v) is 3.11. The minimum absolute atomic E-state index is 0. The summed E-state index contributed by atoms with van der Waals surface area (Å²) in [7, 11) is 0. The van der Waals surface area contributed by atoms with Crippen molar-refractivity contribution in [1.82, 2.24) is 5.32 Å². The van der Waals surface area contributed by atoms with Crippen LogP contribution in [0.1, 0.15) is 37.0 Å². The smallest absolute Gasteiger partial charge is 0.189 e. The van der Waals surface area contributed by atoms with Gasteiger partial charge < -0.3 is 11.1 Å². The minimum Gasteiger partial charge on any atom is -0.370 e. The number of guanidine groups is 1. The van der Waals surface area contributed by atoms with Crippen LogP contribution in [-0.4, -0.2) is 12.0 Å². The predicted molar refractivity (Wildman–Crippen MR) is 90.1 cm³/mol. The number of nitrogens with zero attached hydrogens (tertiary/aromatic N) is 1. The molecule has 2 rings (SSSR count). The molecule has 1 aliphatic carbocycles. The summed E-state index contributed by atoms with van der Waals surface area (Å²) in [5, 5.41) is 3.30. The van der Waals surface area contributed by atoms with Crippen LogP contribution in [0.2, 0.25) is 4.34 Å². The van der Waals surface area contributed by atoms with Crippen LogP contribution >= 0.6 is 46.9 Å². The van der Waals surface area contributed by atoms with E-state index in [1.807, 2.05) is 12.1 Å². The maximum atomic E-state index is 5.87. The fourth-order valence-electron chi connectivity index (χ4n) is 2.10. The molecule has 102 valence electrons. The molecule has 1 fully saturated rings. The fraction of sp³-hybridized carbons (Fsp3) is 0.583. The molecule has 0 amide bonds. The van der Waals surface area contributed by atoms with E-state index >= 15 is 0 Å². The molecule has 1 aromatic heterocycles. The molecule has 0 aromatic carbocycles. The first-order valence-electron chi connectivity index (χ1n) is 6.05. The monoisotopic (exact) mass is 399 g/mol. The van der Waals surface area contributed by atoms with E-state index in [2.05, 4.69) is 10.3 Å². The van der Waals surface area contributed by atoms with E-state index in [-0.39, 0.29) is 24.0 Å². The standard InChI is InChI=1S/C12H18ClN3S.HI/c13-11-7-6-10(17-11)8-15-12(14)16-9-4-2-1-3-5-9;/h6-7,9H,1-5,8H2,(H3,14,15,16);1H. The molecule has 1 aromatic rings. The van der Waals surface area contributed by atoms with Crippen molar-refractivity contribution < 1.29 is 0 Å². The molecule has 0 radical (unpaired) electrons. The lowest BCUT2D eigenvalue weighted by Gasteiger charge is -2.23. The Hall–Kier alpha value is -0.0100. The zero-order valence-corrected chi connectivity index (χ0v) is 14.1. The number of nitrogens with one attached hydrogen (secondary N) is 1. The predicted octanol–water partition coefficient (Wildman–Crippen LogP) is 3.76. The Morgan fingerprint density at radius 3 is 2.72 bits per heavy atom. The summed E-state index contributed by atoms with van der Waals surface area (Å²) < 4.78 is 0.800. The van der Waals surface area contributed by atoms with Crippen LogP contribution in [0.5, 0.6) is 0 Å². The van der Waals surface area contributed by atoms with Gasteiger partial charge in [0.15, 0.2) is 5.96 Å². The van der Waals surface area contributed by atoms with Gasteiger partial charge in [-0.3, -0.25) is 0 Å². The third kappa shape index (κ3) is 5.32. The molecule has 6 heteroatoms. The van der Waals surface area contributed by atoms with E-state index in [9.17, 15) is 0 Å². The van der Waals surface area contributed by atoms with Crippen LogP contribution in [0.15, 0.2) is 17.1 Å². The number of hydrogen-bond donors (Lipinski definition) is 2. The average Bonchev–Trinajstić information content (AvgIpc) is 2.74. The zero-order chi connectivity index (χ0) is 12.1. The molecule has 1 saturated carbocycles. The van der Waals surface area contributed by atoms with E-state index in [0.717, 1.165) is 9.21 Å². The van der Waals surface area contributed by atoms with Crippen LogP contribution in [0.3, 0.4) is 0 Å². The Bertz CT molecular complexity index is 388. The Morgan fingerprint density at radius 1 is 1.39 bits per heavy atom. The highest BCUT2D eigenvalue weighted by molar-refractivity contribution is 14.0. The summed E-state index contributed by atoms with van der Waals surface area (Å²) in [6.07, 6.45) is 6.36. The van der Waals surface area contributed by atoms with Gasteiger partial charge in [0.2, 0.25) is 0 Å². The first-order chi connectivity index (χ1) is 8.24. The Labute approximate surface area is 134 Å². The average molecular weight is 400 g/mol. The summed E-state index contributed by atoms with van der Waals surface area (Å²) in [5.74, 6) is 0.557. The van der Waals surface area contributed by atoms with Crippen molar-refractivity contribution in [2.75, 3.05) is 0 Å². The van der Waals surface area contributed by atoms with Crippen molar-refractivity contribution in [3.63, 3.8) is 0 Å².